The molecule has 2 rings (SSSR count). The van der Waals surface area contributed by atoms with E-state index < -0.39 is 27.9 Å². The van der Waals surface area contributed by atoms with E-state index in [-0.39, 0.29) is 12.8 Å². The number of hydrogen-bond acceptors (Lipinski definition) is 4. The first-order valence-electron chi connectivity index (χ1n) is 5.88. The molecule has 1 atom stereocenters. The number of halogens is 1. The molecule has 1 aromatic rings. The molecule has 0 aliphatic carbocycles. The summed E-state index contributed by atoms with van der Waals surface area (Å²) in [4.78, 5) is 23.7. The molecule has 0 saturated carbocycles. The molecule has 1 N–H and O–H groups in total. The van der Waals surface area contributed by atoms with E-state index in [0.29, 0.717) is 15.0 Å². The molecule has 108 valence electrons. The number of rotatable bonds is 3. The summed E-state index contributed by atoms with van der Waals surface area (Å²) in [6, 6.07) is 5.41. The molecule has 6 nitrogen and oxygen atoms in total. The predicted molar refractivity (Wildman–Crippen MR) is 74.8 cm³/mol. The van der Waals surface area contributed by atoms with Crippen molar-refractivity contribution in [1.82, 2.24) is 4.31 Å². The van der Waals surface area contributed by atoms with Gasteiger partial charge in [-0.2, -0.15) is 0 Å². The zero-order chi connectivity index (χ0) is 14.9. The van der Waals surface area contributed by atoms with Crippen molar-refractivity contribution in [3.63, 3.8) is 0 Å². The van der Waals surface area contributed by atoms with Crippen LogP contribution in [-0.4, -0.2) is 36.8 Å². The van der Waals surface area contributed by atoms with Crippen LogP contribution in [0.3, 0.4) is 0 Å². The standard InChI is InChI=1S/C12H13ClN2O4S/c1-20(18,19)15-10(6-7-11(15)16)12(17)14-9-4-2-8(13)3-5-9/h2-5,10H,6-7H2,1H3,(H,14,17). The topological polar surface area (TPSA) is 83.6 Å². The van der Waals surface area contributed by atoms with Gasteiger partial charge in [0, 0.05) is 17.1 Å². The second kappa shape index (κ2) is 5.41. The van der Waals surface area contributed by atoms with Crippen LogP contribution in [0.4, 0.5) is 5.69 Å². The molecule has 0 bridgehead atoms. The first kappa shape index (κ1) is 14.8. The van der Waals surface area contributed by atoms with Crippen LogP contribution < -0.4 is 5.32 Å². The molecule has 2 amide bonds. The van der Waals surface area contributed by atoms with Gasteiger partial charge in [0.15, 0.2) is 0 Å². The van der Waals surface area contributed by atoms with Crippen LogP contribution in [0, 0.1) is 0 Å². The normalized spacial score (nSPS) is 19.2. The van der Waals surface area contributed by atoms with Gasteiger partial charge in [0.05, 0.1) is 6.26 Å². The Kier molecular flexibility index (Phi) is 4.01. The fourth-order valence-corrected chi connectivity index (χ4v) is 3.32. The van der Waals surface area contributed by atoms with Gasteiger partial charge in [-0.1, -0.05) is 11.6 Å². The molecular weight excluding hydrogens is 304 g/mol. The minimum atomic E-state index is -3.74. The zero-order valence-electron chi connectivity index (χ0n) is 10.7. The molecule has 1 aliphatic heterocycles. The number of carbonyl (C=O) groups is 2. The van der Waals surface area contributed by atoms with E-state index in [1.54, 1.807) is 24.3 Å². The van der Waals surface area contributed by atoms with Gasteiger partial charge in [-0.3, -0.25) is 9.59 Å². The number of hydrogen-bond donors (Lipinski definition) is 1. The monoisotopic (exact) mass is 316 g/mol. The van der Waals surface area contributed by atoms with Crippen molar-refractivity contribution in [2.75, 3.05) is 11.6 Å². The predicted octanol–water partition coefficient (Wildman–Crippen LogP) is 1.23. The van der Waals surface area contributed by atoms with Gasteiger partial charge >= 0.3 is 0 Å². The summed E-state index contributed by atoms with van der Waals surface area (Å²) in [7, 11) is -3.74. The number of nitrogens with zero attached hydrogens (tertiary/aromatic N) is 1. The number of anilines is 1. The summed E-state index contributed by atoms with van der Waals surface area (Å²) in [5.74, 6) is -1.08. The van der Waals surface area contributed by atoms with Crippen molar-refractivity contribution in [2.45, 2.75) is 18.9 Å². The number of carbonyl (C=O) groups excluding carboxylic acids is 2. The Hall–Kier alpha value is -1.60. The summed E-state index contributed by atoms with van der Waals surface area (Å²) in [6.07, 6.45) is 1.15. The van der Waals surface area contributed by atoms with Crippen molar-refractivity contribution in [3.05, 3.63) is 29.3 Å². The molecule has 1 aliphatic rings. The lowest BCUT2D eigenvalue weighted by Crippen LogP contribution is -2.44. The molecule has 1 heterocycles. The number of sulfonamides is 1. The minimum Gasteiger partial charge on any atom is -0.324 e. The lowest BCUT2D eigenvalue weighted by atomic mass is 10.2. The highest BCUT2D eigenvalue weighted by atomic mass is 35.5. The number of amides is 2. The fourth-order valence-electron chi connectivity index (χ4n) is 2.07. The Balaban J connectivity index is 2.16. The molecule has 1 aromatic carbocycles. The Morgan fingerprint density at radius 2 is 1.95 bits per heavy atom. The van der Waals surface area contributed by atoms with Gasteiger partial charge < -0.3 is 5.32 Å². The lowest BCUT2D eigenvalue weighted by molar-refractivity contribution is -0.128. The van der Waals surface area contributed by atoms with E-state index in [9.17, 15) is 18.0 Å². The highest BCUT2D eigenvalue weighted by Crippen LogP contribution is 2.23. The average molecular weight is 317 g/mol. The van der Waals surface area contributed by atoms with Gasteiger partial charge in [-0.25, -0.2) is 12.7 Å². The minimum absolute atomic E-state index is 0.0474. The Morgan fingerprint density at radius 1 is 1.35 bits per heavy atom. The molecule has 0 spiro atoms. The van der Waals surface area contributed by atoms with Gasteiger partial charge in [0.1, 0.15) is 6.04 Å². The summed E-state index contributed by atoms with van der Waals surface area (Å²) in [5.41, 5.74) is 0.493. The Morgan fingerprint density at radius 3 is 2.50 bits per heavy atom. The van der Waals surface area contributed by atoms with Crippen molar-refractivity contribution in [3.8, 4) is 0 Å². The molecule has 0 radical (unpaired) electrons. The molecule has 8 heteroatoms. The van der Waals surface area contributed by atoms with E-state index in [2.05, 4.69) is 5.32 Å². The van der Waals surface area contributed by atoms with Crippen LogP contribution >= 0.6 is 11.6 Å². The van der Waals surface area contributed by atoms with Crippen LogP contribution in [0.1, 0.15) is 12.8 Å². The number of benzene rings is 1. The van der Waals surface area contributed by atoms with Gasteiger partial charge in [0.25, 0.3) is 0 Å². The quantitative estimate of drug-likeness (QED) is 0.909. The second-order valence-corrected chi connectivity index (χ2v) is 6.80. The largest absolute Gasteiger partial charge is 0.324 e. The van der Waals surface area contributed by atoms with Crippen LogP contribution in [0.25, 0.3) is 0 Å². The zero-order valence-corrected chi connectivity index (χ0v) is 12.2. The summed E-state index contributed by atoms with van der Waals surface area (Å²) < 4.78 is 23.8. The van der Waals surface area contributed by atoms with Crippen LogP contribution in [0.2, 0.25) is 5.02 Å². The SMILES string of the molecule is CS(=O)(=O)N1C(=O)CCC1C(=O)Nc1ccc(Cl)cc1. The van der Waals surface area contributed by atoms with Gasteiger partial charge in [-0.05, 0) is 30.7 Å². The van der Waals surface area contributed by atoms with Crippen molar-refractivity contribution < 1.29 is 18.0 Å². The maximum Gasteiger partial charge on any atom is 0.248 e. The summed E-state index contributed by atoms with van der Waals surface area (Å²) in [6.45, 7) is 0. The second-order valence-electron chi connectivity index (χ2n) is 4.50. The van der Waals surface area contributed by atoms with Crippen molar-refractivity contribution in [1.29, 1.82) is 0 Å². The molecule has 0 aromatic heterocycles. The third-order valence-electron chi connectivity index (χ3n) is 2.93. The third kappa shape index (κ3) is 3.10. The summed E-state index contributed by atoms with van der Waals surface area (Å²) >= 11 is 5.73. The third-order valence-corrected chi connectivity index (χ3v) is 4.36. The first-order valence-corrected chi connectivity index (χ1v) is 8.10. The van der Waals surface area contributed by atoms with E-state index in [0.717, 1.165) is 6.26 Å². The van der Waals surface area contributed by atoms with Crippen molar-refractivity contribution >= 4 is 39.1 Å². The lowest BCUT2D eigenvalue weighted by Gasteiger charge is -2.21. The highest BCUT2D eigenvalue weighted by molar-refractivity contribution is 7.89. The van der Waals surface area contributed by atoms with Crippen LogP contribution in [-0.2, 0) is 19.6 Å². The smallest absolute Gasteiger partial charge is 0.248 e. The maximum absolute atomic E-state index is 12.1. The van der Waals surface area contributed by atoms with Crippen molar-refractivity contribution in [2.24, 2.45) is 0 Å². The highest BCUT2D eigenvalue weighted by Gasteiger charge is 2.41. The molecule has 1 unspecified atom stereocenters. The maximum atomic E-state index is 12.1. The fraction of sp³-hybridized carbons (Fsp3) is 0.333. The average Bonchev–Trinajstić information content (AvgIpc) is 2.74. The Bertz CT molecular complexity index is 642. The molecule has 1 fully saturated rings. The van der Waals surface area contributed by atoms with E-state index in [4.69, 9.17) is 11.6 Å². The van der Waals surface area contributed by atoms with Crippen LogP contribution in [0.15, 0.2) is 24.3 Å². The van der Waals surface area contributed by atoms with E-state index in [1.165, 1.54) is 0 Å². The first-order chi connectivity index (χ1) is 9.29. The van der Waals surface area contributed by atoms with E-state index >= 15 is 0 Å². The molecule has 1 saturated heterocycles. The summed E-state index contributed by atoms with van der Waals surface area (Å²) in [5, 5.41) is 3.10. The van der Waals surface area contributed by atoms with Crippen LogP contribution in [0.5, 0.6) is 0 Å². The van der Waals surface area contributed by atoms with Gasteiger partial charge in [0.2, 0.25) is 21.8 Å². The Labute approximate surface area is 121 Å². The van der Waals surface area contributed by atoms with Gasteiger partial charge in [-0.15, -0.1) is 0 Å². The van der Waals surface area contributed by atoms with E-state index in [1.807, 2.05) is 0 Å². The number of nitrogens with one attached hydrogen (secondary N) is 1. The molecule has 20 heavy (non-hydrogen) atoms. The molecular formula is C12H13ClN2O4S.